The van der Waals surface area contributed by atoms with Gasteiger partial charge in [-0.15, -0.1) is 11.8 Å². The summed E-state index contributed by atoms with van der Waals surface area (Å²) in [6.07, 6.45) is 1.58. The Morgan fingerprint density at radius 3 is 2.84 bits per heavy atom. The van der Waals surface area contributed by atoms with E-state index in [0.29, 0.717) is 30.5 Å². The first kappa shape index (κ1) is 17.4. The Labute approximate surface area is 151 Å². The molecule has 0 aliphatic carbocycles. The van der Waals surface area contributed by atoms with Crippen molar-refractivity contribution in [2.24, 2.45) is 5.10 Å². The number of nitrogens with zero attached hydrogens (tertiary/aromatic N) is 1. The Kier molecular flexibility index (Phi) is 5.95. The van der Waals surface area contributed by atoms with Crippen molar-refractivity contribution in [2.75, 3.05) is 19.0 Å². The standard InChI is InChI=1S/C19H20N2O3S/c1-14-5-7-15(8-6-14)12-25-13-18(22)21-20-11-16-3-2-4-17-19(16)24-10-9-23-17/h2-8,11H,9-10,12-13H2,1H3,(H,21,22)/b20-11+. The van der Waals surface area contributed by atoms with E-state index in [1.807, 2.05) is 18.2 Å². The lowest BCUT2D eigenvalue weighted by Gasteiger charge is -2.19. The Morgan fingerprint density at radius 2 is 2.00 bits per heavy atom. The van der Waals surface area contributed by atoms with Crippen LogP contribution in [-0.2, 0) is 10.5 Å². The van der Waals surface area contributed by atoms with Gasteiger partial charge in [-0.1, -0.05) is 35.9 Å². The number of hydrazone groups is 1. The maximum atomic E-state index is 11.9. The highest BCUT2D eigenvalue weighted by atomic mass is 32.2. The minimum absolute atomic E-state index is 0.129. The summed E-state index contributed by atoms with van der Waals surface area (Å²) in [5.41, 5.74) is 5.77. The predicted molar refractivity (Wildman–Crippen MR) is 101 cm³/mol. The molecule has 0 aromatic heterocycles. The van der Waals surface area contributed by atoms with Gasteiger partial charge in [0.1, 0.15) is 13.2 Å². The van der Waals surface area contributed by atoms with E-state index in [0.717, 1.165) is 11.3 Å². The summed E-state index contributed by atoms with van der Waals surface area (Å²) in [7, 11) is 0. The fourth-order valence-corrected chi connectivity index (χ4v) is 3.13. The van der Waals surface area contributed by atoms with Crippen LogP contribution in [0.5, 0.6) is 11.5 Å². The molecule has 0 fully saturated rings. The van der Waals surface area contributed by atoms with Gasteiger partial charge in [-0.3, -0.25) is 4.79 Å². The molecule has 1 aliphatic rings. The second-order valence-electron chi connectivity index (χ2n) is 5.64. The highest BCUT2D eigenvalue weighted by Gasteiger charge is 2.14. The molecule has 2 aromatic rings. The number of rotatable bonds is 6. The molecule has 130 valence electrons. The Balaban J connectivity index is 1.46. The first-order chi connectivity index (χ1) is 12.2. The lowest BCUT2D eigenvalue weighted by atomic mass is 10.2. The Bertz CT molecular complexity index is 760. The molecule has 1 amide bonds. The fourth-order valence-electron chi connectivity index (χ4n) is 2.35. The molecule has 0 radical (unpaired) electrons. The van der Waals surface area contributed by atoms with Crippen LogP contribution in [-0.4, -0.2) is 31.1 Å². The van der Waals surface area contributed by atoms with E-state index < -0.39 is 0 Å². The second-order valence-corrected chi connectivity index (χ2v) is 6.63. The summed E-state index contributed by atoms with van der Waals surface area (Å²) in [4.78, 5) is 11.9. The number of amides is 1. The summed E-state index contributed by atoms with van der Waals surface area (Å²) in [5.74, 6) is 2.40. The van der Waals surface area contributed by atoms with E-state index in [2.05, 4.69) is 41.7 Å². The molecule has 5 nitrogen and oxygen atoms in total. The summed E-state index contributed by atoms with van der Waals surface area (Å²) in [6.45, 7) is 3.12. The maximum absolute atomic E-state index is 11.9. The van der Waals surface area contributed by atoms with Crippen LogP contribution in [0.2, 0.25) is 0 Å². The van der Waals surface area contributed by atoms with E-state index in [-0.39, 0.29) is 5.91 Å². The number of ether oxygens (including phenoxy) is 2. The van der Waals surface area contributed by atoms with Crippen molar-refractivity contribution in [3.05, 3.63) is 59.2 Å². The molecule has 1 N–H and O–H groups in total. The minimum atomic E-state index is -0.129. The average molecular weight is 356 g/mol. The number of carbonyl (C=O) groups is 1. The molecule has 0 atom stereocenters. The van der Waals surface area contributed by atoms with E-state index in [1.54, 1.807) is 18.0 Å². The van der Waals surface area contributed by atoms with Crippen molar-refractivity contribution in [3.8, 4) is 11.5 Å². The van der Waals surface area contributed by atoms with Crippen molar-refractivity contribution >= 4 is 23.9 Å². The van der Waals surface area contributed by atoms with Gasteiger partial charge in [-0.25, -0.2) is 5.43 Å². The molecule has 1 aliphatic heterocycles. The number of carbonyl (C=O) groups excluding carboxylic acids is 1. The fraction of sp³-hybridized carbons (Fsp3) is 0.263. The number of hydrogen-bond donors (Lipinski definition) is 1. The molecule has 0 saturated carbocycles. The van der Waals surface area contributed by atoms with Crippen molar-refractivity contribution in [2.45, 2.75) is 12.7 Å². The van der Waals surface area contributed by atoms with Crippen molar-refractivity contribution in [1.29, 1.82) is 0 Å². The normalized spacial score (nSPS) is 13.0. The van der Waals surface area contributed by atoms with E-state index in [1.165, 1.54) is 11.1 Å². The summed E-state index contributed by atoms with van der Waals surface area (Å²) >= 11 is 1.56. The molecule has 0 unspecified atom stereocenters. The number of aryl methyl sites for hydroxylation is 1. The molecular weight excluding hydrogens is 336 g/mol. The number of nitrogens with one attached hydrogen (secondary N) is 1. The van der Waals surface area contributed by atoms with Gasteiger partial charge < -0.3 is 9.47 Å². The lowest BCUT2D eigenvalue weighted by Crippen LogP contribution is -2.20. The van der Waals surface area contributed by atoms with Crippen LogP contribution in [0.4, 0.5) is 0 Å². The lowest BCUT2D eigenvalue weighted by molar-refractivity contribution is -0.118. The average Bonchev–Trinajstić information content (AvgIpc) is 2.64. The smallest absolute Gasteiger partial charge is 0.250 e. The number of fused-ring (bicyclic) bond motifs is 1. The number of thioether (sulfide) groups is 1. The molecule has 6 heteroatoms. The van der Waals surface area contributed by atoms with E-state index in [9.17, 15) is 4.79 Å². The Morgan fingerprint density at radius 1 is 1.20 bits per heavy atom. The van der Waals surface area contributed by atoms with Gasteiger partial charge in [0.05, 0.1) is 12.0 Å². The zero-order chi connectivity index (χ0) is 17.5. The van der Waals surface area contributed by atoms with E-state index >= 15 is 0 Å². The molecule has 2 aromatic carbocycles. The molecular formula is C19H20N2O3S. The van der Waals surface area contributed by atoms with Crippen LogP contribution in [0.15, 0.2) is 47.6 Å². The largest absolute Gasteiger partial charge is 0.486 e. The summed E-state index contributed by atoms with van der Waals surface area (Å²) in [6, 6.07) is 13.9. The highest BCUT2D eigenvalue weighted by molar-refractivity contribution is 7.99. The van der Waals surface area contributed by atoms with Crippen LogP contribution < -0.4 is 14.9 Å². The third kappa shape index (κ3) is 5.00. The SMILES string of the molecule is Cc1ccc(CSCC(=O)N/N=C/c2cccc3c2OCCO3)cc1. The van der Waals surface area contributed by atoms with Crippen LogP contribution in [0.25, 0.3) is 0 Å². The van der Waals surface area contributed by atoms with Crippen LogP contribution in [0.3, 0.4) is 0 Å². The first-order valence-electron chi connectivity index (χ1n) is 8.06. The van der Waals surface area contributed by atoms with Gasteiger partial charge >= 0.3 is 0 Å². The molecule has 0 bridgehead atoms. The maximum Gasteiger partial charge on any atom is 0.250 e. The van der Waals surface area contributed by atoms with E-state index in [4.69, 9.17) is 9.47 Å². The molecule has 3 rings (SSSR count). The monoisotopic (exact) mass is 356 g/mol. The van der Waals surface area contributed by atoms with Gasteiger partial charge in [-0.2, -0.15) is 5.10 Å². The number of para-hydroxylation sites is 1. The summed E-state index contributed by atoms with van der Waals surface area (Å²) < 4.78 is 11.1. The van der Waals surface area contributed by atoms with Crippen LogP contribution in [0, 0.1) is 6.92 Å². The number of benzene rings is 2. The van der Waals surface area contributed by atoms with Crippen LogP contribution >= 0.6 is 11.8 Å². The number of hydrogen-bond acceptors (Lipinski definition) is 5. The zero-order valence-electron chi connectivity index (χ0n) is 14.0. The van der Waals surface area contributed by atoms with Gasteiger partial charge in [0, 0.05) is 11.3 Å². The zero-order valence-corrected chi connectivity index (χ0v) is 14.8. The van der Waals surface area contributed by atoms with Gasteiger partial charge in [0.25, 0.3) is 0 Å². The van der Waals surface area contributed by atoms with Gasteiger partial charge in [0.2, 0.25) is 5.91 Å². The Hall–Kier alpha value is -2.47. The van der Waals surface area contributed by atoms with Crippen molar-refractivity contribution in [3.63, 3.8) is 0 Å². The van der Waals surface area contributed by atoms with Crippen molar-refractivity contribution in [1.82, 2.24) is 5.43 Å². The van der Waals surface area contributed by atoms with Gasteiger partial charge in [-0.05, 0) is 24.6 Å². The quantitative estimate of drug-likeness (QED) is 0.638. The first-order valence-corrected chi connectivity index (χ1v) is 9.21. The second kappa shape index (κ2) is 8.58. The topological polar surface area (TPSA) is 59.9 Å². The molecule has 0 saturated heterocycles. The minimum Gasteiger partial charge on any atom is -0.486 e. The summed E-state index contributed by atoms with van der Waals surface area (Å²) in [5, 5.41) is 4.01. The van der Waals surface area contributed by atoms with Gasteiger partial charge in [0.15, 0.2) is 11.5 Å². The highest BCUT2D eigenvalue weighted by Crippen LogP contribution is 2.32. The predicted octanol–water partition coefficient (Wildman–Crippen LogP) is 3.15. The third-order valence-electron chi connectivity index (χ3n) is 3.61. The molecule has 0 spiro atoms. The van der Waals surface area contributed by atoms with Crippen molar-refractivity contribution < 1.29 is 14.3 Å². The molecule has 25 heavy (non-hydrogen) atoms. The van der Waals surface area contributed by atoms with Crippen LogP contribution in [0.1, 0.15) is 16.7 Å². The molecule has 1 heterocycles. The third-order valence-corrected chi connectivity index (χ3v) is 4.62.